The molecule has 0 bridgehead atoms. The first-order valence-electron chi connectivity index (χ1n) is 7.19. The molecule has 7 heteroatoms. The predicted octanol–water partition coefficient (Wildman–Crippen LogP) is 1.59. The van der Waals surface area contributed by atoms with Gasteiger partial charge in [0.2, 0.25) is 0 Å². The zero-order valence-electron chi connectivity index (χ0n) is 13.2. The third kappa shape index (κ3) is 3.79. The fraction of sp³-hybridized carbons (Fsp3) is 0.533. The van der Waals surface area contributed by atoms with Crippen molar-refractivity contribution in [2.75, 3.05) is 36.8 Å². The van der Waals surface area contributed by atoms with Crippen LogP contribution in [0, 0.1) is 11.3 Å². The minimum Gasteiger partial charge on any atom is -0.444 e. The van der Waals surface area contributed by atoms with Crippen molar-refractivity contribution < 1.29 is 9.53 Å². The molecule has 0 saturated carbocycles. The van der Waals surface area contributed by atoms with Crippen LogP contribution in [0.5, 0.6) is 0 Å². The van der Waals surface area contributed by atoms with Gasteiger partial charge < -0.3 is 20.3 Å². The Labute approximate surface area is 130 Å². The van der Waals surface area contributed by atoms with Crippen molar-refractivity contribution in [3.05, 3.63) is 17.8 Å². The highest BCUT2D eigenvalue weighted by molar-refractivity contribution is 5.68. The number of nitrogens with zero attached hydrogens (tertiary/aromatic N) is 4. The van der Waals surface area contributed by atoms with Gasteiger partial charge >= 0.3 is 6.09 Å². The van der Waals surface area contributed by atoms with Crippen LogP contribution >= 0.6 is 0 Å². The van der Waals surface area contributed by atoms with Gasteiger partial charge in [0.15, 0.2) is 5.69 Å². The number of carbonyl (C=O) groups excluding carboxylic acids is 1. The molecule has 0 atom stereocenters. The van der Waals surface area contributed by atoms with Gasteiger partial charge in [0.25, 0.3) is 0 Å². The Hall–Kier alpha value is -2.49. The zero-order chi connectivity index (χ0) is 16.3. The van der Waals surface area contributed by atoms with Gasteiger partial charge in [-0.05, 0) is 32.9 Å². The summed E-state index contributed by atoms with van der Waals surface area (Å²) in [6, 6.07) is 5.45. The largest absolute Gasteiger partial charge is 0.444 e. The molecule has 1 aromatic heterocycles. The van der Waals surface area contributed by atoms with Crippen LogP contribution in [0.4, 0.5) is 16.3 Å². The van der Waals surface area contributed by atoms with Gasteiger partial charge in [-0.25, -0.2) is 9.78 Å². The van der Waals surface area contributed by atoms with Crippen LogP contribution < -0.4 is 10.6 Å². The molecule has 1 saturated heterocycles. The molecule has 118 valence electrons. The zero-order valence-corrected chi connectivity index (χ0v) is 13.2. The van der Waals surface area contributed by atoms with Gasteiger partial charge in [0.1, 0.15) is 17.5 Å². The molecule has 1 aliphatic heterocycles. The van der Waals surface area contributed by atoms with E-state index >= 15 is 0 Å². The summed E-state index contributed by atoms with van der Waals surface area (Å²) in [5.74, 6) is 0.703. The monoisotopic (exact) mass is 303 g/mol. The smallest absolute Gasteiger partial charge is 0.410 e. The van der Waals surface area contributed by atoms with E-state index in [4.69, 9.17) is 15.7 Å². The van der Waals surface area contributed by atoms with Crippen LogP contribution in [0.3, 0.4) is 0 Å². The standard InChI is InChI=1S/C15H21N5O2/c1-15(2,3)22-14(21)20-8-6-19(7-9-20)13-5-4-11(17)12(10-16)18-13/h4-5H,6-9,17H2,1-3H3. The quantitative estimate of drug-likeness (QED) is 0.846. The van der Waals surface area contributed by atoms with E-state index in [0.717, 1.165) is 0 Å². The number of ether oxygens (including phenoxy) is 1. The first-order valence-corrected chi connectivity index (χ1v) is 7.19. The summed E-state index contributed by atoms with van der Waals surface area (Å²) in [6.07, 6.45) is -0.296. The van der Waals surface area contributed by atoms with E-state index in [0.29, 0.717) is 37.7 Å². The molecule has 0 aromatic carbocycles. The number of hydrogen-bond donors (Lipinski definition) is 1. The highest BCUT2D eigenvalue weighted by atomic mass is 16.6. The van der Waals surface area contributed by atoms with E-state index in [1.807, 2.05) is 31.7 Å². The highest BCUT2D eigenvalue weighted by Crippen LogP contribution is 2.19. The summed E-state index contributed by atoms with van der Waals surface area (Å²) >= 11 is 0. The molecule has 0 aliphatic carbocycles. The topological polar surface area (TPSA) is 95.5 Å². The van der Waals surface area contributed by atoms with Gasteiger partial charge in [-0.2, -0.15) is 5.26 Å². The maximum absolute atomic E-state index is 12.0. The van der Waals surface area contributed by atoms with Crippen molar-refractivity contribution in [3.63, 3.8) is 0 Å². The van der Waals surface area contributed by atoms with Gasteiger partial charge in [-0.15, -0.1) is 0 Å². The average Bonchev–Trinajstić information content (AvgIpc) is 2.46. The van der Waals surface area contributed by atoms with Crippen molar-refractivity contribution in [3.8, 4) is 6.07 Å². The number of nitrogens with two attached hydrogens (primary N) is 1. The summed E-state index contributed by atoms with van der Waals surface area (Å²) in [7, 11) is 0. The Morgan fingerprint density at radius 2 is 1.95 bits per heavy atom. The van der Waals surface area contributed by atoms with E-state index in [1.165, 1.54) is 0 Å². The molecule has 1 aromatic rings. The van der Waals surface area contributed by atoms with Crippen molar-refractivity contribution >= 4 is 17.6 Å². The Kier molecular flexibility index (Phi) is 4.40. The summed E-state index contributed by atoms with van der Waals surface area (Å²) in [6.45, 7) is 7.95. The number of piperazine rings is 1. The maximum Gasteiger partial charge on any atom is 0.410 e. The third-order valence-electron chi connectivity index (χ3n) is 3.27. The molecule has 0 spiro atoms. The van der Waals surface area contributed by atoms with Gasteiger partial charge in [0, 0.05) is 26.2 Å². The van der Waals surface area contributed by atoms with Crippen LogP contribution in [0.2, 0.25) is 0 Å². The van der Waals surface area contributed by atoms with E-state index < -0.39 is 5.60 Å². The minimum atomic E-state index is -0.492. The Morgan fingerprint density at radius 1 is 1.32 bits per heavy atom. The molecule has 1 fully saturated rings. The number of carbonyl (C=O) groups is 1. The van der Waals surface area contributed by atoms with E-state index in [1.54, 1.807) is 17.0 Å². The molecule has 22 heavy (non-hydrogen) atoms. The molecular weight excluding hydrogens is 282 g/mol. The van der Waals surface area contributed by atoms with Gasteiger partial charge in [-0.3, -0.25) is 0 Å². The summed E-state index contributed by atoms with van der Waals surface area (Å²) < 4.78 is 5.36. The lowest BCUT2D eigenvalue weighted by molar-refractivity contribution is 0.0240. The van der Waals surface area contributed by atoms with Crippen LogP contribution in [-0.4, -0.2) is 47.8 Å². The molecular formula is C15H21N5O2. The normalized spacial score (nSPS) is 15.4. The SMILES string of the molecule is CC(C)(C)OC(=O)N1CCN(c2ccc(N)c(C#N)n2)CC1. The second-order valence-corrected chi connectivity index (χ2v) is 6.17. The number of hydrogen-bond acceptors (Lipinski definition) is 6. The van der Waals surface area contributed by atoms with Crippen molar-refractivity contribution in [1.29, 1.82) is 5.26 Å². The number of amides is 1. The fourth-order valence-electron chi connectivity index (χ4n) is 2.17. The fourth-order valence-corrected chi connectivity index (χ4v) is 2.17. The molecule has 7 nitrogen and oxygen atoms in total. The highest BCUT2D eigenvalue weighted by Gasteiger charge is 2.26. The molecule has 2 N–H and O–H groups in total. The second-order valence-electron chi connectivity index (χ2n) is 6.17. The van der Waals surface area contributed by atoms with E-state index in [9.17, 15) is 4.79 Å². The molecule has 0 unspecified atom stereocenters. The van der Waals surface area contributed by atoms with Crippen LogP contribution in [-0.2, 0) is 4.74 Å². The van der Waals surface area contributed by atoms with Gasteiger partial charge in [0.05, 0.1) is 5.69 Å². The number of pyridine rings is 1. The predicted molar refractivity (Wildman–Crippen MR) is 83.4 cm³/mol. The molecule has 2 heterocycles. The number of rotatable bonds is 1. The first-order chi connectivity index (χ1) is 10.3. The van der Waals surface area contributed by atoms with Crippen LogP contribution in [0.15, 0.2) is 12.1 Å². The van der Waals surface area contributed by atoms with Gasteiger partial charge in [-0.1, -0.05) is 0 Å². The molecule has 1 aliphatic rings. The lowest BCUT2D eigenvalue weighted by Crippen LogP contribution is -2.50. The van der Waals surface area contributed by atoms with E-state index in [-0.39, 0.29) is 11.8 Å². The van der Waals surface area contributed by atoms with Crippen molar-refractivity contribution in [2.45, 2.75) is 26.4 Å². The second kappa shape index (κ2) is 6.10. The lowest BCUT2D eigenvalue weighted by Gasteiger charge is -2.36. The summed E-state index contributed by atoms with van der Waals surface area (Å²) in [5, 5.41) is 8.98. The number of nitriles is 1. The van der Waals surface area contributed by atoms with Crippen molar-refractivity contribution in [2.24, 2.45) is 0 Å². The first kappa shape index (κ1) is 15.9. The molecule has 0 radical (unpaired) electrons. The maximum atomic E-state index is 12.0. The van der Waals surface area contributed by atoms with Crippen molar-refractivity contribution in [1.82, 2.24) is 9.88 Å². The van der Waals surface area contributed by atoms with Crippen LogP contribution in [0.25, 0.3) is 0 Å². The van der Waals surface area contributed by atoms with E-state index in [2.05, 4.69) is 4.98 Å². The summed E-state index contributed by atoms with van der Waals surface area (Å²) in [5.41, 5.74) is 5.79. The lowest BCUT2D eigenvalue weighted by atomic mass is 10.2. The Balaban J connectivity index is 1.98. The number of nitrogen functional groups attached to an aromatic ring is 1. The third-order valence-corrected chi connectivity index (χ3v) is 3.27. The Morgan fingerprint density at radius 3 is 2.50 bits per heavy atom. The molecule has 1 amide bonds. The van der Waals surface area contributed by atoms with Crippen LogP contribution in [0.1, 0.15) is 26.5 Å². The number of anilines is 2. The Bertz CT molecular complexity index is 595. The molecule has 2 rings (SSSR count). The minimum absolute atomic E-state index is 0.229. The number of aromatic nitrogens is 1. The average molecular weight is 303 g/mol. The summed E-state index contributed by atoms with van der Waals surface area (Å²) in [4.78, 5) is 20.0.